The van der Waals surface area contributed by atoms with Crippen LogP contribution in [0.5, 0.6) is 11.5 Å². The van der Waals surface area contributed by atoms with E-state index in [1.807, 2.05) is 13.8 Å². The van der Waals surface area contributed by atoms with Gasteiger partial charge in [0.2, 0.25) is 11.6 Å². The van der Waals surface area contributed by atoms with Crippen molar-refractivity contribution in [3.8, 4) is 11.5 Å². The molecule has 0 aliphatic rings. The molecule has 7 nitrogen and oxygen atoms in total. The minimum atomic E-state index is -5.62. The molecule has 172 valence electrons. The standard InChI is InChI=1S/C18H18F4O7S2/c1-3-10(2)11-4-6-12(7-5-11)29-30(23,24)9-8-28-17-13(19)15(21)18(31(25,26)27)16(22)14(17)20/h4-7,10H,3,8-9H2,1-2H3,(H,25,26,27). The molecule has 0 aliphatic carbocycles. The van der Waals surface area contributed by atoms with Crippen LogP contribution in [0.15, 0.2) is 29.2 Å². The maximum absolute atomic E-state index is 13.9. The molecule has 0 aromatic heterocycles. The van der Waals surface area contributed by atoms with Gasteiger partial charge in [-0.1, -0.05) is 26.0 Å². The smallest absolute Gasteiger partial charge is 0.312 e. The number of hydrogen-bond acceptors (Lipinski definition) is 6. The zero-order valence-corrected chi connectivity index (χ0v) is 17.9. The molecule has 0 radical (unpaired) electrons. The van der Waals surface area contributed by atoms with Crippen molar-refractivity contribution in [3.05, 3.63) is 53.1 Å². The fourth-order valence-electron chi connectivity index (χ4n) is 2.47. The van der Waals surface area contributed by atoms with Crippen LogP contribution in [0.4, 0.5) is 17.6 Å². The Morgan fingerprint density at radius 1 is 0.935 bits per heavy atom. The predicted molar refractivity (Wildman–Crippen MR) is 101 cm³/mol. The average Bonchev–Trinajstić information content (AvgIpc) is 2.67. The molecule has 0 bridgehead atoms. The molecule has 1 unspecified atom stereocenters. The van der Waals surface area contributed by atoms with Crippen LogP contribution in [-0.2, 0) is 20.2 Å². The van der Waals surface area contributed by atoms with Crippen LogP contribution in [0.25, 0.3) is 0 Å². The highest BCUT2D eigenvalue weighted by Crippen LogP contribution is 2.32. The van der Waals surface area contributed by atoms with Crippen molar-refractivity contribution in [1.29, 1.82) is 0 Å². The molecule has 1 atom stereocenters. The Morgan fingerprint density at radius 3 is 1.90 bits per heavy atom. The minimum absolute atomic E-state index is 0.0287. The number of hydrogen-bond donors (Lipinski definition) is 1. The highest BCUT2D eigenvalue weighted by atomic mass is 32.2. The van der Waals surface area contributed by atoms with Crippen molar-refractivity contribution in [2.45, 2.75) is 31.1 Å². The molecular formula is C18H18F4O7S2. The fraction of sp³-hybridized carbons (Fsp3) is 0.333. The van der Waals surface area contributed by atoms with Gasteiger partial charge < -0.3 is 8.92 Å². The highest BCUT2D eigenvalue weighted by Gasteiger charge is 2.33. The fourth-order valence-corrected chi connectivity index (χ4v) is 3.87. The average molecular weight is 486 g/mol. The third-order valence-electron chi connectivity index (χ3n) is 4.31. The van der Waals surface area contributed by atoms with E-state index in [4.69, 9.17) is 8.74 Å². The van der Waals surface area contributed by atoms with Crippen LogP contribution in [0, 0.1) is 23.3 Å². The Balaban J connectivity index is 2.12. The van der Waals surface area contributed by atoms with E-state index in [0.29, 0.717) is 0 Å². The predicted octanol–water partition coefficient (Wildman–Crippen LogP) is 3.79. The third kappa shape index (κ3) is 5.86. The summed E-state index contributed by atoms with van der Waals surface area (Å²) in [7, 11) is -9.93. The lowest BCUT2D eigenvalue weighted by Gasteiger charge is -2.13. The summed E-state index contributed by atoms with van der Waals surface area (Å²) in [4.78, 5) is -2.23. The van der Waals surface area contributed by atoms with Crippen LogP contribution in [-0.4, -0.2) is 33.7 Å². The number of halogens is 4. The summed E-state index contributed by atoms with van der Waals surface area (Å²) in [6.45, 7) is 2.99. The van der Waals surface area contributed by atoms with Crippen LogP contribution in [0.3, 0.4) is 0 Å². The molecule has 2 rings (SSSR count). The molecule has 31 heavy (non-hydrogen) atoms. The van der Waals surface area contributed by atoms with E-state index in [1.165, 1.54) is 12.1 Å². The summed E-state index contributed by atoms with van der Waals surface area (Å²) in [5, 5.41) is 0. The summed E-state index contributed by atoms with van der Waals surface area (Å²) in [5.41, 5.74) is 0.957. The van der Waals surface area contributed by atoms with Crippen molar-refractivity contribution in [1.82, 2.24) is 0 Å². The SMILES string of the molecule is CCC(C)c1ccc(OS(=O)(=O)CCOc2c(F)c(F)c(S(=O)(=O)O)c(F)c2F)cc1. The van der Waals surface area contributed by atoms with Crippen molar-refractivity contribution in [3.63, 3.8) is 0 Å². The van der Waals surface area contributed by atoms with Gasteiger partial charge in [0.15, 0.2) is 22.3 Å². The van der Waals surface area contributed by atoms with E-state index in [-0.39, 0.29) is 11.7 Å². The number of rotatable bonds is 9. The first kappa shape index (κ1) is 24.9. The lowest BCUT2D eigenvalue weighted by atomic mass is 9.99. The maximum atomic E-state index is 13.9. The first-order valence-electron chi connectivity index (χ1n) is 8.76. The lowest BCUT2D eigenvalue weighted by molar-refractivity contribution is 0.279. The second kappa shape index (κ2) is 9.40. The Bertz CT molecular complexity index is 1140. The largest absolute Gasteiger partial charge is 0.486 e. The Labute approximate surface area is 176 Å². The van der Waals surface area contributed by atoms with Crippen molar-refractivity contribution >= 4 is 20.2 Å². The van der Waals surface area contributed by atoms with E-state index in [1.54, 1.807) is 12.1 Å². The highest BCUT2D eigenvalue weighted by molar-refractivity contribution is 7.87. The zero-order valence-electron chi connectivity index (χ0n) is 16.2. The molecule has 0 aliphatic heterocycles. The van der Waals surface area contributed by atoms with Gasteiger partial charge in [0.1, 0.15) is 18.1 Å². The molecule has 1 N–H and O–H groups in total. The van der Waals surface area contributed by atoms with E-state index in [2.05, 4.69) is 4.74 Å². The summed E-state index contributed by atoms with van der Waals surface area (Å²) in [5.74, 6) is -11.8. The van der Waals surface area contributed by atoms with Crippen molar-refractivity contribution in [2.24, 2.45) is 0 Å². The second-order valence-electron chi connectivity index (χ2n) is 6.46. The van der Waals surface area contributed by atoms with E-state index >= 15 is 0 Å². The zero-order chi connectivity index (χ0) is 23.6. The molecule has 13 heteroatoms. The molecule has 0 spiro atoms. The van der Waals surface area contributed by atoms with Gasteiger partial charge in [0.05, 0.1) is 0 Å². The van der Waals surface area contributed by atoms with E-state index < -0.39 is 66.5 Å². The molecule has 0 saturated heterocycles. The van der Waals surface area contributed by atoms with Gasteiger partial charge in [0, 0.05) is 0 Å². The van der Waals surface area contributed by atoms with Crippen LogP contribution >= 0.6 is 0 Å². The molecule has 2 aromatic rings. The van der Waals surface area contributed by atoms with Gasteiger partial charge in [-0.15, -0.1) is 0 Å². The molecule has 0 heterocycles. The van der Waals surface area contributed by atoms with Crippen LogP contribution < -0.4 is 8.92 Å². The van der Waals surface area contributed by atoms with Crippen LogP contribution in [0.2, 0.25) is 0 Å². The Kier molecular flexibility index (Phi) is 7.55. The second-order valence-corrected chi connectivity index (χ2v) is 9.51. The summed E-state index contributed by atoms with van der Waals surface area (Å²) < 4.78 is 119. The number of ether oxygens (including phenoxy) is 1. The maximum Gasteiger partial charge on any atom is 0.312 e. The monoisotopic (exact) mass is 486 g/mol. The van der Waals surface area contributed by atoms with Crippen molar-refractivity contribution in [2.75, 3.05) is 12.4 Å². The Hall–Kier alpha value is -2.38. The molecule has 0 amide bonds. The van der Waals surface area contributed by atoms with Gasteiger partial charge in [-0.05, 0) is 30.0 Å². The normalized spacial score (nSPS) is 13.1. The summed E-state index contributed by atoms with van der Waals surface area (Å²) in [6, 6.07) is 6.17. The quantitative estimate of drug-likeness (QED) is 0.249. The van der Waals surface area contributed by atoms with Gasteiger partial charge in [0.25, 0.3) is 0 Å². The minimum Gasteiger partial charge on any atom is -0.486 e. The molecule has 0 fully saturated rings. The van der Waals surface area contributed by atoms with Gasteiger partial charge in [-0.3, -0.25) is 4.55 Å². The molecule has 0 saturated carbocycles. The van der Waals surface area contributed by atoms with Crippen molar-refractivity contribution < 1.29 is 47.9 Å². The summed E-state index contributed by atoms with van der Waals surface area (Å²) >= 11 is 0. The van der Waals surface area contributed by atoms with E-state index in [9.17, 15) is 34.4 Å². The Morgan fingerprint density at radius 2 is 1.45 bits per heavy atom. The third-order valence-corrected chi connectivity index (χ3v) is 6.29. The lowest BCUT2D eigenvalue weighted by Crippen LogP contribution is -2.20. The van der Waals surface area contributed by atoms with Gasteiger partial charge in [-0.25, -0.2) is 8.78 Å². The van der Waals surface area contributed by atoms with Gasteiger partial charge in [-0.2, -0.15) is 25.6 Å². The van der Waals surface area contributed by atoms with Gasteiger partial charge >= 0.3 is 20.2 Å². The first-order chi connectivity index (χ1) is 14.3. The molecule has 2 aromatic carbocycles. The van der Waals surface area contributed by atoms with E-state index in [0.717, 1.165) is 12.0 Å². The topological polar surface area (TPSA) is 107 Å². The van der Waals surface area contributed by atoms with Crippen LogP contribution in [0.1, 0.15) is 31.7 Å². The molecular weight excluding hydrogens is 468 g/mol. The number of benzene rings is 2. The first-order valence-corrected chi connectivity index (χ1v) is 11.8. The summed E-state index contributed by atoms with van der Waals surface area (Å²) in [6.07, 6.45) is 0.870.